The molecule has 0 amide bonds. The molecule has 0 heterocycles. The van der Waals surface area contributed by atoms with Crippen molar-refractivity contribution in [3.8, 4) is 0 Å². The quantitative estimate of drug-likeness (QED) is 0.398. The zero-order valence-electron chi connectivity index (χ0n) is 3.95. The third-order valence-corrected chi connectivity index (χ3v) is 0. The Kier molecular flexibility index (Phi) is 8.28. The molecule has 0 spiro atoms. The van der Waals surface area contributed by atoms with Gasteiger partial charge in [-0.3, -0.25) is 0 Å². The fourth-order valence-electron chi connectivity index (χ4n) is 0. The van der Waals surface area contributed by atoms with Gasteiger partial charge in [0.05, 0.1) is 21.1 Å². The first kappa shape index (κ1) is 9.11. The summed E-state index contributed by atoms with van der Waals surface area (Å²) in [6.45, 7) is 0. The van der Waals surface area contributed by atoms with Crippen molar-refractivity contribution in [2.24, 2.45) is 0 Å². The van der Waals surface area contributed by atoms with E-state index in [-0.39, 0.29) is 18.6 Å². The Hall–Kier alpha value is 0.544. The Morgan fingerprint density at radius 2 is 1.00 bits per heavy atom. The average molecular weight is 111 g/mol. The molecule has 0 aromatic heterocycles. The average Bonchev–Trinajstić information content (AvgIpc) is 0.811. The molecule has 0 aromatic rings. The smallest absolute Gasteiger partial charge is 0.0661 e. The Labute approximate surface area is 45.2 Å². The summed E-state index contributed by atoms with van der Waals surface area (Å²) >= 11 is 0. The summed E-state index contributed by atoms with van der Waals surface area (Å²) < 4.78 is 0. The van der Waals surface area contributed by atoms with Gasteiger partial charge in [0.2, 0.25) is 0 Å². The number of nitrogens with one attached hydrogen (secondary N) is 1. The van der Waals surface area contributed by atoms with E-state index in [1.807, 2.05) is 0 Å². The van der Waals surface area contributed by atoms with Crippen LogP contribution in [0.25, 0.3) is 0 Å². The summed E-state index contributed by atoms with van der Waals surface area (Å²) in [4.78, 5) is 1.42. The molecule has 2 heteroatoms. The number of hydrogen-bond donors (Lipinski definition) is 1. The normalized spacial score (nSPS) is 7.20. The van der Waals surface area contributed by atoms with E-state index >= 15 is 0 Å². The molecular weight excluding hydrogens is 101 g/mol. The van der Waals surface area contributed by atoms with Gasteiger partial charge in [0, 0.05) is 18.6 Å². The number of quaternary nitrogens is 1. The molecule has 0 aromatic carbocycles. The maximum atomic E-state index is 2.08. The van der Waals surface area contributed by atoms with Crippen LogP contribution in [0.2, 0.25) is 0 Å². The summed E-state index contributed by atoms with van der Waals surface area (Å²) in [5.41, 5.74) is 0. The molecule has 0 bridgehead atoms. The van der Waals surface area contributed by atoms with Crippen LogP contribution in [0, 0.1) is 0 Å². The summed E-state index contributed by atoms with van der Waals surface area (Å²) in [5.74, 6) is 0. The van der Waals surface area contributed by atoms with E-state index in [9.17, 15) is 0 Å². The Morgan fingerprint density at radius 1 is 1.00 bits per heavy atom. The fourth-order valence-corrected chi connectivity index (χ4v) is 0. The zero-order valence-corrected chi connectivity index (χ0v) is 5.34. The topological polar surface area (TPSA) is 4.44 Å². The van der Waals surface area contributed by atoms with Crippen molar-refractivity contribution in [2.75, 3.05) is 21.1 Å². The SMILES string of the molecule is C[NH+](C)C.[V]. The summed E-state index contributed by atoms with van der Waals surface area (Å²) in [6.07, 6.45) is 0. The molecule has 0 fully saturated rings. The Morgan fingerprint density at radius 3 is 1.00 bits per heavy atom. The van der Waals surface area contributed by atoms with Crippen LogP contribution in [0.5, 0.6) is 0 Å². The van der Waals surface area contributed by atoms with Crippen LogP contribution >= 0.6 is 0 Å². The van der Waals surface area contributed by atoms with Crippen LogP contribution in [-0.2, 0) is 18.6 Å². The van der Waals surface area contributed by atoms with Gasteiger partial charge in [-0.25, -0.2) is 0 Å². The van der Waals surface area contributed by atoms with Gasteiger partial charge in [0.25, 0.3) is 0 Å². The second-order valence-electron chi connectivity index (χ2n) is 1.50. The molecule has 0 aliphatic rings. The van der Waals surface area contributed by atoms with Gasteiger partial charge in [0.15, 0.2) is 0 Å². The molecule has 5 heavy (non-hydrogen) atoms. The van der Waals surface area contributed by atoms with Crippen molar-refractivity contribution < 1.29 is 23.5 Å². The first-order valence-corrected chi connectivity index (χ1v) is 1.50. The molecule has 1 N–H and O–H groups in total. The van der Waals surface area contributed by atoms with E-state index < -0.39 is 0 Å². The molecular formula is C3H10NV+. The monoisotopic (exact) mass is 111 g/mol. The molecule has 31 valence electrons. The second kappa shape index (κ2) is 4.54. The van der Waals surface area contributed by atoms with Crippen molar-refractivity contribution in [3.05, 3.63) is 0 Å². The van der Waals surface area contributed by atoms with Gasteiger partial charge >= 0.3 is 0 Å². The van der Waals surface area contributed by atoms with E-state index in [0.717, 1.165) is 0 Å². The summed E-state index contributed by atoms with van der Waals surface area (Å²) in [7, 11) is 6.25. The van der Waals surface area contributed by atoms with Gasteiger partial charge < -0.3 is 4.90 Å². The fraction of sp³-hybridized carbons (Fsp3) is 1.00. The molecule has 0 atom stereocenters. The van der Waals surface area contributed by atoms with Crippen molar-refractivity contribution >= 4 is 0 Å². The van der Waals surface area contributed by atoms with E-state index in [2.05, 4.69) is 21.1 Å². The minimum Gasteiger partial charge on any atom is -0.342 e. The second-order valence-corrected chi connectivity index (χ2v) is 1.50. The van der Waals surface area contributed by atoms with Crippen molar-refractivity contribution in [2.45, 2.75) is 0 Å². The molecule has 0 aliphatic carbocycles. The van der Waals surface area contributed by atoms with Gasteiger partial charge in [-0.05, 0) is 0 Å². The van der Waals surface area contributed by atoms with Crippen LogP contribution in [-0.4, -0.2) is 21.1 Å². The van der Waals surface area contributed by atoms with Crippen LogP contribution in [0.4, 0.5) is 0 Å². The Balaban J connectivity index is 0. The molecule has 0 rings (SSSR count). The molecule has 0 saturated heterocycles. The van der Waals surface area contributed by atoms with Crippen LogP contribution in [0.1, 0.15) is 0 Å². The maximum absolute atomic E-state index is 2.08. The first-order valence-electron chi connectivity index (χ1n) is 1.50. The molecule has 0 unspecified atom stereocenters. The molecule has 1 nitrogen and oxygen atoms in total. The number of hydrogen-bond acceptors (Lipinski definition) is 0. The van der Waals surface area contributed by atoms with Crippen molar-refractivity contribution in [1.29, 1.82) is 0 Å². The molecule has 0 saturated carbocycles. The largest absolute Gasteiger partial charge is 0.342 e. The van der Waals surface area contributed by atoms with Crippen LogP contribution in [0.3, 0.4) is 0 Å². The predicted octanol–water partition coefficient (Wildman–Crippen LogP) is -1.24. The standard InChI is InChI=1S/C3H9N.V/c1-4(2)3;/h1-3H3;/p+1. The Bertz CT molecular complexity index is 11.6. The van der Waals surface area contributed by atoms with Crippen molar-refractivity contribution in [1.82, 2.24) is 0 Å². The van der Waals surface area contributed by atoms with Gasteiger partial charge in [-0.1, -0.05) is 0 Å². The number of rotatable bonds is 0. The van der Waals surface area contributed by atoms with Crippen LogP contribution < -0.4 is 4.90 Å². The summed E-state index contributed by atoms with van der Waals surface area (Å²) in [5, 5.41) is 0. The van der Waals surface area contributed by atoms with Gasteiger partial charge in [-0.15, -0.1) is 0 Å². The minimum absolute atomic E-state index is 0. The van der Waals surface area contributed by atoms with E-state index in [0.29, 0.717) is 0 Å². The first-order chi connectivity index (χ1) is 1.73. The molecule has 1 radical (unpaired) electrons. The third kappa shape index (κ3) is 99.3. The van der Waals surface area contributed by atoms with E-state index in [1.165, 1.54) is 4.90 Å². The predicted molar refractivity (Wildman–Crippen MR) is 18.7 cm³/mol. The van der Waals surface area contributed by atoms with Gasteiger partial charge in [0.1, 0.15) is 0 Å². The minimum atomic E-state index is 0. The third-order valence-electron chi connectivity index (χ3n) is 0. The van der Waals surface area contributed by atoms with Crippen LogP contribution in [0.15, 0.2) is 0 Å². The maximum Gasteiger partial charge on any atom is 0.0661 e. The summed E-state index contributed by atoms with van der Waals surface area (Å²) in [6, 6.07) is 0. The van der Waals surface area contributed by atoms with E-state index in [4.69, 9.17) is 0 Å². The van der Waals surface area contributed by atoms with E-state index in [1.54, 1.807) is 0 Å². The van der Waals surface area contributed by atoms with Crippen molar-refractivity contribution in [3.63, 3.8) is 0 Å². The van der Waals surface area contributed by atoms with Gasteiger partial charge in [-0.2, -0.15) is 0 Å². The molecule has 0 aliphatic heterocycles. The zero-order chi connectivity index (χ0) is 3.58.